The van der Waals surface area contributed by atoms with Crippen molar-refractivity contribution in [1.82, 2.24) is 0 Å². The van der Waals surface area contributed by atoms with Gasteiger partial charge in [0.05, 0.1) is 26.4 Å². The highest BCUT2D eigenvalue weighted by Crippen LogP contribution is 2.45. The van der Waals surface area contributed by atoms with Gasteiger partial charge in [0.2, 0.25) is 0 Å². The lowest BCUT2D eigenvalue weighted by Gasteiger charge is -2.21. The molecule has 3 N–H and O–H groups in total. The maximum Gasteiger partial charge on any atom is 0.472 e. The predicted molar refractivity (Wildman–Crippen MR) is 460 cm³/mol. The third kappa shape index (κ3) is 84.3. The molecule has 0 aliphatic heterocycles. The van der Waals surface area contributed by atoms with Gasteiger partial charge in [-0.25, -0.2) is 9.13 Å². The summed E-state index contributed by atoms with van der Waals surface area (Å²) >= 11 is 0. The second-order valence-electron chi connectivity index (χ2n) is 33.8. The molecule has 660 valence electrons. The Kier molecular flexibility index (Phi) is 81.7. The van der Waals surface area contributed by atoms with Crippen LogP contribution in [-0.4, -0.2) is 96.7 Å². The Morgan fingerprint density at radius 3 is 0.685 bits per heavy atom. The minimum Gasteiger partial charge on any atom is -0.462 e. The van der Waals surface area contributed by atoms with Crippen molar-refractivity contribution in [2.75, 3.05) is 39.6 Å². The Balaban J connectivity index is 5.24. The van der Waals surface area contributed by atoms with Crippen LogP contribution in [0.15, 0.2) is 0 Å². The molecule has 0 fully saturated rings. The van der Waals surface area contributed by atoms with Gasteiger partial charge in [0.1, 0.15) is 19.3 Å². The lowest BCUT2D eigenvalue weighted by atomic mass is 9.99. The summed E-state index contributed by atoms with van der Waals surface area (Å²) in [7, 11) is -9.94. The van der Waals surface area contributed by atoms with E-state index in [2.05, 4.69) is 41.5 Å². The first-order valence-electron chi connectivity index (χ1n) is 47.5. The minimum absolute atomic E-state index is 0.108. The Bertz CT molecular complexity index is 2120. The van der Waals surface area contributed by atoms with E-state index in [0.29, 0.717) is 25.7 Å². The van der Waals surface area contributed by atoms with Gasteiger partial charge in [0, 0.05) is 25.7 Å². The third-order valence-corrected chi connectivity index (χ3v) is 24.0. The van der Waals surface area contributed by atoms with E-state index in [4.69, 9.17) is 37.0 Å². The Morgan fingerprint density at radius 1 is 0.261 bits per heavy atom. The van der Waals surface area contributed by atoms with E-state index < -0.39 is 97.5 Å². The molecule has 111 heavy (non-hydrogen) atoms. The van der Waals surface area contributed by atoms with E-state index in [1.807, 2.05) is 0 Å². The van der Waals surface area contributed by atoms with Crippen LogP contribution in [0.5, 0.6) is 0 Å². The maximum absolute atomic E-state index is 13.2. The highest BCUT2D eigenvalue weighted by molar-refractivity contribution is 7.47. The molecule has 0 heterocycles. The molecular weight excluding hydrogens is 1440 g/mol. The number of esters is 4. The normalized spacial score (nSPS) is 14.0. The maximum atomic E-state index is 13.2. The fraction of sp³-hybridized carbons (Fsp3) is 0.957. The van der Waals surface area contributed by atoms with Gasteiger partial charge in [-0.2, -0.15) is 0 Å². The number of ether oxygens (including phenoxy) is 4. The van der Waals surface area contributed by atoms with Crippen molar-refractivity contribution in [2.24, 2.45) is 11.8 Å². The van der Waals surface area contributed by atoms with Crippen LogP contribution in [-0.2, 0) is 65.4 Å². The second kappa shape index (κ2) is 83.1. The third-order valence-electron chi connectivity index (χ3n) is 22.1. The van der Waals surface area contributed by atoms with Crippen molar-refractivity contribution in [1.29, 1.82) is 0 Å². The molecule has 0 amide bonds. The largest absolute Gasteiger partial charge is 0.472 e. The summed E-state index contributed by atoms with van der Waals surface area (Å²) in [6.45, 7) is 9.76. The second-order valence-corrected chi connectivity index (χ2v) is 36.7. The molecule has 0 spiro atoms. The molecule has 0 saturated heterocycles. The number of hydrogen-bond acceptors (Lipinski definition) is 15. The van der Waals surface area contributed by atoms with Crippen LogP contribution in [0.4, 0.5) is 0 Å². The van der Waals surface area contributed by atoms with E-state index >= 15 is 0 Å². The molecule has 0 aromatic heterocycles. The van der Waals surface area contributed by atoms with Crippen molar-refractivity contribution >= 4 is 39.5 Å². The first-order valence-corrected chi connectivity index (χ1v) is 50.5. The van der Waals surface area contributed by atoms with E-state index in [-0.39, 0.29) is 25.7 Å². The van der Waals surface area contributed by atoms with Crippen molar-refractivity contribution in [2.45, 2.75) is 516 Å². The van der Waals surface area contributed by atoms with Gasteiger partial charge in [-0.15, -0.1) is 0 Å². The molecule has 17 nitrogen and oxygen atoms in total. The molecule has 0 aliphatic rings. The lowest BCUT2D eigenvalue weighted by Crippen LogP contribution is -2.30. The van der Waals surface area contributed by atoms with Crippen LogP contribution in [0.2, 0.25) is 0 Å². The van der Waals surface area contributed by atoms with E-state index in [1.54, 1.807) is 0 Å². The minimum atomic E-state index is -4.97. The zero-order valence-electron chi connectivity index (χ0n) is 73.3. The zero-order valence-corrected chi connectivity index (χ0v) is 75.1. The average molecular weight is 1620 g/mol. The zero-order chi connectivity index (χ0) is 81.3. The molecule has 6 atom stereocenters. The van der Waals surface area contributed by atoms with Crippen molar-refractivity contribution < 1.29 is 80.2 Å². The smallest absolute Gasteiger partial charge is 0.462 e. The predicted octanol–water partition coefficient (Wildman–Crippen LogP) is 28.6. The number of unbranched alkanes of at least 4 members (excludes halogenated alkanes) is 60. The number of aliphatic hydroxyl groups excluding tert-OH is 1. The molecule has 0 saturated carbocycles. The molecule has 0 radical (unpaired) electrons. The van der Waals surface area contributed by atoms with E-state index in [0.717, 1.165) is 102 Å². The number of phosphoric ester groups is 2. The van der Waals surface area contributed by atoms with Gasteiger partial charge >= 0.3 is 39.5 Å². The highest BCUT2D eigenvalue weighted by atomic mass is 31.2. The Labute approximate surface area is 683 Å². The number of rotatable bonds is 91. The lowest BCUT2D eigenvalue weighted by molar-refractivity contribution is -0.161. The van der Waals surface area contributed by atoms with Gasteiger partial charge in [-0.05, 0) is 37.5 Å². The monoisotopic (exact) mass is 1620 g/mol. The first-order chi connectivity index (χ1) is 53.9. The van der Waals surface area contributed by atoms with Crippen LogP contribution in [0.1, 0.15) is 497 Å². The Morgan fingerprint density at radius 2 is 0.459 bits per heavy atom. The Hall–Kier alpha value is -1.94. The topological polar surface area (TPSA) is 237 Å². The molecule has 3 unspecified atom stereocenters. The number of carbonyl (C=O) groups excluding carboxylic acids is 4. The van der Waals surface area contributed by atoms with Crippen molar-refractivity contribution in [3.05, 3.63) is 0 Å². The highest BCUT2D eigenvalue weighted by Gasteiger charge is 2.31. The van der Waals surface area contributed by atoms with Gasteiger partial charge in [0.25, 0.3) is 0 Å². The number of hydrogen-bond donors (Lipinski definition) is 3. The first kappa shape index (κ1) is 109. The van der Waals surface area contributed by atoms with Crippen LogP contribution in [0.25, 0.3) is 0 Å². The standard InChI is InChI=1S/C92H180O17P2/c1-7-10-12-14-16-18-20-22-24-26-27-28-33-36-40-44-50-56-62-68-74-89(94)102-80-87(108-91(96)77-71-65-59-52-46-42-38-34-30-29-32-35-39-43-49-55-61-67-73-85(6)9-3)82-106-110(98,99)104-78-86(93)79-105-111(100,101)107-83-88(81-103-90(95)75-69-63-57-53-47-48-54-60-66-72-84(4)5)109-92(97)76-70-64-58-51-45-41-37-31-25-23-21-19-17-15-13-11-8-2/h84-88,93H,7-83H2,1-6H3,(H,98,99)(H,100,101)/t85?,86-,87-,88-/m1/s1. The number of aliphatic hydroxyl groups is 1. The molecule has 0 aliphatic carbocycles. The molecular formula is C92H180O17P2. The molecule has 0 aromatic carbocycles. The fourth-order valence-electron chi connectivity index (χ4n) is 14.4. The quantitative estimate of drug-likeness (QED) is 0.0222. The van der Waals surface area contributed by atoms with E-state index in [1.165, 1.54) is 315 Å². The molecule has 0 bridgehead atoms. The van der Waals surface area contributed by atoms with Crippen LogP contribution >= 0.6 is 15.6 Å². The van der Waals surface area contributed by atoms with Crippen molar-refractivity contribution in [3.63, 3.8) is 0 Å². The summed E-state index contributed by atoms with van der Waals surface area (Å²) in [5.41, 5.74) is 0. The molecule has 0 rings (SSSR count). The summed E-state index contributed by atoms with van der Waals surface area (Å²) in [6.07, 6.45) is 77.8. The number of carbonyl (C=O) groups is 4. The summed E-state index contributed by atoms with van der Waals surface area (Å²) in [6, 6.07) is 0. The van der Waals surface area contributed by atoms with Crippen LogP contribution in [0, 0.1) is 11.8 Å². The van der Waals surface area contributed by atoms with Gasteiger partial charge in [0.15, 0.2) is 12.2 Å². The SMILES string of the molecule is CCCCCCCCCCCCCCCCCCCCCCC(=O)OC[C@H](COP(=O)(O)OC[C@@H](O)COP(=O)(O)OC[C@@H](COC(=O)CCCCCCCCCCCC(C)C)OC(=O)CCCCCCCCCCCCCCCCCCC)OC(=O)CCCCCCCCCCCCCCCCCCCCC(C)CC. The van der Waals surface area contributed by atoms with Crippen LogP contribution < -0.4 is 0 Å². The molecule has 0 aromatic rings. The van der Waals surface area contributed by atoms with E-state index in [9.17, 15) is 43.2 Å². The van der Waals surface area contributed by atoms with Gasteiger partial charge < -0.3 is 33.8 Å². The fourth-order valence-corrected chi connectivity index (χ4v) is 16.0. The summed E-state index contributed by atoms with van der Waals surface area (Å²) in [4.78, 5) is 73.5. The van der Waals surface area contributed by atoms with Crippen molar-refractivity contribution in [3.8, 4) is 0 Å². The average Bonchev–Trinajstić information content (AvgIpc) is 0.897. The molecule has 19 heteroatoms. The number of phosphoric acid groups is 2. The summed E-state index contributed by atoms with van der Waals surface area (Å²) in [5, 5.41) is 10.7. The summed E-state index contributed by atoms with van der Waals surface area (Å²) in [5.74, 6) is -0.480. The van der Waals surface area contributed by atoms with Crippen LogP contribution in [0.3, 0.4) is 0 Å². The summed E-state index contributed by atoms with van der Waals surface area (Å²) < 4.78 is 69.1. The van der Waals surface area contributed by atoms with Gasteiger partial charge in [-0.1, -0.05) is 446 Å². The van der Waals surface area contributed by atoms with Gasteiger partial charge in [-0.3, -0.25) is 37.3 Å².